The molecule has 2 aromatic carbocycles. The van der Waals surface area contributed by atoms with Gasteiger partial charge in [-0.25, -0.2) is 0 Å². The van der Waals surface area contributed by atoms with Gasteiger partial charge in [0, 0.05) is 18.5 Å². The topological polar surface area (TPSA) is 105 Å². The number of aryl methyl sites for hydroxylation is 1. The number of rotatable bonds is 6. The molecule has 0 aliphatic heterocycles. The molecule has 0 saturated heterocycles. The molecule has 0 saturated carbocycles. The van der Waals surface area contributed by atoms with Crippen molar-refractivity contribution in [1.29, 1.82) is 0 Å². The monoisotopic (exact) mass is 392 g/mol. The first-order valence-corrected chi connectivity index (χ1v) is 8.80. The van der Waals surface area contributed by atoms with Crippen LogP contribution in [0, 0.1) is 0 Å². The molecule has 148 valence electrons. The Balaban J connectivity index is 1.58. The first-order chi connectivity index (χ1) is 14.0. The van der Waals surface area contributed by atoms with E-state index in [9.17, 15) is 14.7 Å². The summed E-state index contributed by atoms with van der Waals surface area (Å²) in [6.45, 7) is -0.305. The average molecular weight is 392 g/mol. The fourth-order valence-electron chi connectivity index (χ4n) is 2.71. The predicted octanol–water partition coefficient (Wildman–Crippen LogP) is 3.33. The zero-order valence-corrected chi connectivity index (χ0v) is 16.0. The van der Waals surface area contributed by atoms with E-state index in [4.69, 9.17) is 4.74 Å². The van der Waals surface area contributed by atoms with E-state index in [0.717, 1.165) is 16.8 Å². The summed E-state index contributed by atoms with van der Waals surface area (Å²) in [6.07, 6.45) is 2.94. The Morgan fingerprint density at radius 3 is 2.62 bits per heavy atom. The summed E-state index contributed by atoms with van der Waals surface area (Å²) in [7, 11) is 3.27. The normalized spacial score (nSPS) is 11.4. The maximum absolute atomic E-state index is 11.9. The summed E-state index contributed by atoms with van der Waals surface area (Å²) in [5.41, 5.74) is 1.80. The third-order valence-electron chi connectivity index (χ3n) is 4.27. The largest absolute Gasteiger partial charge is 0.497 e. The van der Waals surface area contributed by atoms with E-state index in [1.807, 2.05) is 12.1 Å². The van der Waals surface area contributed by atoms with Gasteiger partial charge in [0.15, 0.2) is 5.69 Å². The molecule has 3 aromatic rings. The lowest BCUT2D eigenvalue weighted by Gasteiger charge is -2.00. The number of carbonyl (C=O) groups is 2. The molecule has 0 bridgehead atoms. The Hall–Kier alpha value is -3.94. The van der Waals surface area contributed by atoms with Crippen LogP contribution in [0.25, 0.3) is 17.0 Å². The molecule has 2 amide bonds. The third kappa shape index (κ3) is 4.67. The van der Waals surface area contributed by atoms with E-state index in [-0.39, 0.29) is 18.1 Å². The van der Waals surface area contributed by atoms with Crippen molar-refractivity contribution in [2.24, 2.45) is 17.3 Å². The number of fused-ring (bicyclic) bond motifs is 1. The molecule has 8 heteroatoms. The van der Waals surface area contributed by atoms with E-state index >= 15 is 0 Å². The highest BCUT2D eigenvalue weighted by molar-refractivity contribution is 5.96. The number of methoxy groups -OCH3 is 1. The van der Waals surface area contributed by atoms with Crippen LogP contribution in [0.1, 0.15) is 5.56 Å². The van der Waals surface area contributed by atoms with Crippen LogP contribution in [0.3, 0.4) is 0 Å². The molecule has 0 fully saturated rings. The minimum atomic E-state index is -0.636. The van der Waals surface area contributed by atoms with Gasteiger partial charge < -0.3 is 19.7 Å². The van der Waals surface area contributed by atoms with Crippen molar-refractivity contribution >= 4 is 34.5 Å². The van der Waals surface area contributed by atoms with Crippen molar-refractivity contribution in [1.82, 2.24) is 9.88 Å². The van der Waals surface area contributed by atoms with Gasteiger partial charge in [-0.15, -0.1) is 10.2 Å². The van der Waals surface area contributed by atoms with Crippen molar-refractivity contribution in [3.8, 4) is 11.6 Å². The van der Waals surface area contributed by atoms with Crippen LogP contribution in [0.5, 0.6) is 11.6 Å². The molecule has 0 atom stereocenters. The molecule has 0 unspecified atom stereocenters. The first-order valence-electron chi connectivity index (χ1n) is 8.80. The van der Waals surface area contributed by atoms with Crippen LogP contribution >= 0.6 is 0 Å². The van der Waals surface area contributed by atoms with Crippen LogP contribution in [0.4, 0.5) is 5.69 Å². The lowest BCUT2D eigenvalue weighted by Crippen LogP contribution is -2.26. The molecule has 1 aromatic heterocycles. The summed E-state index contributed by atoms with van der Waals surface area (Å²) < 4.78 is 6.63. The van der Waals surface area contributed by atoms with Crippen LogP contribution in [-0.4, -0.2) is 35.1 Å². The van der Waals surface area contributed by atoms with Gasteiger partial charge in [0.05, 0.1) is 12.6 Å². The summed E-state index contributed by atoms with van der Waals surface area (Å²) in [5, 5.41) is 20.8. The molecular weight excluding hydrogens is 372 g/mol. The number of azo groups is 1. The number of benzene rings is 2. The Labute approximate surface area is 167 Å². The zero-order valence-electron chi connectivity index (χ0n) is 16.0. The van der Waals surface area contributed by atoms with Gasteiger partial charge in [-0.3, -0.25) is 9.59 Å². The lowest BCUT2D eigenvalue weighted by molar-refractivity contribution is -0.122. The van der Waals surface area contributed by atoms with Gasteiger partial charge >= 0.3 is 0 Å². The molecule has 29 heavy (non-hydrogen) atoms. The molecule has 1 heterocycles. The Morgan fingerprint density at radius 1 is 1.17 bits per heavy atom. The van der Waals surface area contributed by atoms with E-state index in [2.05, 4.69) is 15.5 Å². The highest BCUT2D eigenvalue weighted by Gasteiger charge is 2.14. The number of aromatic hydroxyl groups is 1. The highest BCUT2D eigenvalue weighted by Crippen LogP contribution is 2.37. The predicted molar refractivity (Wildman–Crippen MR) is 109 cm³/mol. The van der Waals surface area contributed by atoms with Gasteiger partial charge in [0.1, 0.15) is 12.3 Å². The number of aromatic nitrogens is 1. The molecule has 0 aliphatic carbocycles. The minimum Gasteiger partial charge on any atom is -0.497 e. The number of amides is 2. The molecule has 0 aliphatic rings. The fourth-order valence-corrected chi connectivity index (χ4v) is 2.71. The van der Waals surface area contributed by atoms with Gasteiger partial charge in [0.25, 0.3) is 5.91 Å². The van der Waals surface area contributed by atoms with Crippen LogP contribution in [0.2, 0.25) is 0 Å². The van der Waals surface area contributed by atoms with E-state index in [1.165, 1.54) is 6.08 Å². The molecule has 2 N–H and O–H groups in total. The van der Waals surface area contributed by atoms with Crippen LogP contribution in [-0.2, 0) is 16.6 Å². The van der Waals surface area contributed by atoms with Gasteiger partial charge in [-0.05, 0) is 29.8 Å². The summed E-state index contributed by atoms with van der Waals surface area (Å²) >= 11 is 0. The standard InChI is InChI=1S/C21H20N4O4/c1-25-17-6-4-3-5-16(17)20(21(25)28)24-23-19(27)13-22-18(26)12-9-14-7-10-15(29-2)11-8-14/h3-12,28H,13H2,1-2H3,(H,22,26). The van der Waals surface area contributed by atoms with Gasteiger partial charge in [-0.2, -0.15) is 0 Å². The van der Waals surface area contributed by atoms with E-state index in [1.54, 1.807) is 61.2 Å². The number of ether oxygens (including phenoxy) is 1. The molecule has 8 nitrogen and oxygen atoms in total. The van der Waals surface area contributed by atoms with Crippen molar-refractivity contribution in [3.05, 3.63) is 60.2 Å². The summed E-state index contributed by atoms with van der Waals surface area (Å²) in [5.74, 6) is -0.435. The number of nitrogens with one attached hydrogen (secondary N) is 1. The Morgan fingerprint density at radius 2 is 1.90 bits per heavy atom. The lowest BCUT2D eigenvalue weighted by atomic mass is 10.2. The number of hydrogen-bond acceptors (Lipinski definition) is 5. The van der Waals surface area contributed by atoms with E-state index < -0.39 is 11.8 Å². The van der Waals surface area contributed by atoms with Crippen molar-refractivity contribution in [2.75, 3.05) is 13.7 Å². The third-order valence-corrected chi connectivity index (χ3v) is 4.27. The minimum absolute atomic E-state index is 0.0887. The van der Waals surface area contributed by atoms with Gasteiger partial charge in [0.2, 0.25) is 11.8 Å². The van der Waals surface area contributed by atoms with Crippen molar-refractivity contribution in [2.45, 2.75) is 0 Å². The van der Waals surface area contributed by atoms with Crippen LogP contribution < -0.4 is 10.1 Å². The summed E-state index contributed by atoms with van der Waals surface area (Å²) in [6, 6.07) is 14.4. The number of nitrogens with zero attached hydrogens (tertiary/aromatic N) is 3. The second-order valence-corrected chi connectivity index (χ2v) is 6.17. The quantitative estimate of drug-likeness (QED) is 0.496. The van der Waals surface area contributed by atoms with Gasteiger partial charge in [-0.1, -0.05) is 30.3 Å². The molecule has 0 radical (unpaired) electrons. The van der Waals surface area contributed by atoms with Crippen LogP contribution in [0.15, 0.2) is 64.8 Å². The summed E-state index contributed by atoms with van der Waals surface area (Å²) in [4.78, 5) is 23.8. The number of para-hydroxylation sites is 1. The Bertz CT molecular complexity index is 1100. The van der Waals surface area contributed by atoms with Crippen molar-refractivity contribution < 1.29 is 19.4 Å². The maximum Gasteiger partial charge on any atom is 0.283 e. The first kappa shape index (κ1) is 19.8. The average Bonchev–Trinajstić information content (AvgIpc) is 2.99. The molecule has 3 rings (SSSR count). The fraction of sp³-hybridized carbons (Fsp3) is 0.143. The molecule has 0 spiro atoms. The molecular formula is C21H20N4O4. The van der Waals surface area contributed by atoms with Crippen molar-refractivity contribution in [3.63, 3.8) is 0 Å². The number of hydrogen-bond donors (Lipinski definition) is 2. The smallest absolute Gasteiger partial charge is 0.283 e. The maximum atomic E-state index is 11.9. The number of carbonyl (C=O) groups excluding carboxylic acids is 2. The Kier molecular flexibility index (Phi) is 6.03. The second-order valence-electron chi connectivity index (χ2n) is 6.17. The zero-order chi connectivity index (χ0) is 20.8. The highest BCUT2D eigenvalue weighted by atomic mass is 16.5. The second kappa shape index (κ2) is 8.83. The SMILES string of the molecule is COc1ccc(C=CC(=O)NCC(=O)N=Nc2c(O)n(C)c3ccccc23)cc1. The van der Waals surface area contributed by atoms with E-state index in [0.29, 0.717) is 5.39 Å².